The summed E-state index contributed by atoms with van der Waals surface area (Å²) in [6, 6.07) is 11.9. The number of nitrogens with one attached hydrogen (secondary N) is 1. The van der Waals surface area contributed by atoms with Crippen LogP contribution in [0.2, 0.25) is 5.02 Å². The summed E-state index contributed by atoms with van der Waals surface area (Å²) in [6.07, 6.45) is 0. The van der Waals surface area contributed by atoms with Gasteiger partial charge in [0.25, 0.3) is 0 Å². The third-order valence-electron chi connectivity index (χ3n) is 3.91. The Balaban J connectivity index is 1.69. The fraction of sp³-hybridized carbons (Fsp3) is 0.211. The van der Waals surface area contributed by atoms with Gasteiger partial charge in [0.1, 0.15) is 18.0 Å². The average molecular weight is 403 g/mol. The molecular formula is C19H19ClN4O4. The molecule has 2 aromatic carbocycles. The van der Waals surface area contributed by atoms with Gasteiger partial charge in [-0.05, 0) is 30.3 Å². The summed E-state index contributed by atoms with van der Waals surface area (Å²) >= 11 is 5.93. The van der Waals surface area contributed by atoms with E-state index in [1.165, 1.54) is 4.90 Å². The van der Waals surface area contributed by atoms with Crippen LogP contribution in [-0.2, 0) is 6.54 Å². The van der Waals surface area contributed by atoms with Crippen molar-refractivity contribution < 1.29 is 18.8 Å². The molecule has 0 aliphatic heterocycles. The predicted octanol–water partition coefficient (Wildman–Crippen LogP) is 4.07. The van der Waals surface area contributed by atoms with Crippen LogP contribution in [0, 0.1) is 0 Å². The van der Waals surface area contributed by atoms with Gasteiger partial charge >= 0.3 is 6.03 Å². The Morgan fingerprint density at radius 3 is 2.75 bits per heavy atom. The number of rotatable bonds is 6. The third-order valence-corrected chi connectivity index (χ3v) is 4.15. The Labute approximate surface area is 167 Å². The van der Waals surface area contributed by atoms with E-state index in [0.29, 0.717) is 33.6 Å². The van der Waals surface area contributed by atoms with E-state index in [2.05, 4.69) is 15.5 Å². The zero-order valence-corrected chi connectivity index (χ0v) is 16.4. The summed E-state index contributed by atoms with van der Waals surface area (Å²) in [7, 11) is 4.75. The number of hydrogen-bond acceptors (Lipinski definition) is 6. The van der Waals surface area contributed by atoms with Gasteiger partial charge in [0, 0.05) is 23.8 Å². The monoisotopic (exact) mass is 402 g/mol. The van der Waals surface area contributed by atoms with Gasteiger partial charge in [-0.25, -0.2) is 4.79 Å². The van der Waals surface area contributed by atoms with Crippen molar-refractivity contribution in [2.24, 2.45) is 0 Å². The lowest BCUT2D eigenvalue weighted by Crippen LogP contribution is -2.30. The topological polar surface area (TPSA) is 89.7 Å². The SMILES string of the molecule is COc1ccc(-c2noc(CN(C)C(=O)Nc3cccc(Cl)c3)n2)c(OC)c1. The lowest BCUT2D eigenvalue weighted by atomic mass is 10.2. The maximum atomic E-state index is 12.3. The normalized spacial score (nSPS) is 10.4. The van der Waals surface area contributed by atoms with Crippen LogP contribution in [0.25, 0.3) is 11.4 Å². The number of nitrogens with zero attached hydrogens (tertiary/aromatic N) is 3. The van der Waals surface area contributed by atoms with Crippen molar-refractivity contribution in [1.82, 2.24) is 15.0 Å². The fourth-order valence-corrected chi connectivity index (χ4v) is 2.66. The molecule has 28 heavy (non-hydrogen) atoms. The first-order chi connectivity index (χ1) is 13.5. The number of halogens is 1. The van der Waals surface area contributed by atoms with Crippen molar-refractivity contribution in [2.45, 2.75) is 6.54 Å². The maximum Gasteiger partial charge on any atom is 0.322 e. The molecule has 2 amide bonds. The molecule has 0 saturated heterocycles. The molecule has 0 atom stereocenters. The van der Waals surface area contributed by atoms with Crippen molar-refractivity contribution in [1.29, 1.82) is 0 Å². The number of hydrogen-bond donors (Lipinski definition) is 1. The molecular weight excluding hydrogens is 384 g/mol. The molecule has 3 aromatic rings. The Morgan fingerprint density at radius 2 is 2.04 bits per heavy atom. The first kappa shape index (κ1) is 19.5. The number of benzene rings is 2. The molecule has 1 N–H and O–H groups in total. The zero-order chi connectivity index (χ0) is 20.1. The predicted molar refractivity (Wildman–Crippen MR) is 105 cm³/mol. The summed E-state index contributed by atoms with van der Waals surface area (Å²) in [5.74, 6) is 1.86. The highest BCUT2D eigenvalue weighted by Crippen LogP contribution is 2.31. The van der Waals surface area contributed by atoms with Crippen LogP contribution in [0.5, 0.6) is 11.5 Å². The molecule has 0 spiro atoms. The quantitative estimate of drug-likeness (QED) is 0.668. The van der Waals surface area contributed by atoms with E-state index >= 15 is 0 Å². The Hall–Kier alpha value is -3.26. The van der Waals surface area contributed by atoms with Gasteiger partial charge in [0.2, 0.25) is 11.7 Å². The number of ether oxygens (including phenoxy) is 2. The first-order valence-electron chi connectivity index (χ1n) is 8.33. The maximum absolute atomic E-state index is 12.3. The Bertz CT molecular complexity index is 976. The minimum Gasteiger partial charge on any atom is -0.497 e. The highest BCUT2D eigenvalue weighted by Gasteiger charge is 2.17. The molecule has 0 bridgehead atoms. The van der Waals surface area contributed by atoms with Crippen LogP contribution < -0.4 is 14.8 Å². The number of amides is 2. The van der Waals surface area contributed by atoms with Gasteiger partial charge < -0.3 is 24.2 Å². The lowest BCUT2D eigenvalue weighted by Gasteiger charge is -2.15. The van der Waals surface area contributed by atoms with Crippen molar-refractivity contribution in [3.63, 3.8) is 0 Å². The second-order valence-corrected chi connectivity index (χ2v) is 6.31. The standard InChI is InChI=1S/C19H19ClN4O4/c1-24(19(25)21-13-6-4-5-12(20)9-13)11-17-22-18(23-28-17)15-8-7-14(26-2)10-16(15)27-3/h4-10H,11H2,1-3H3,(H,21,25). The van der Waals surface area contributed by atoms with Gasteiger partial charge in [0.05, 0.1) is 19.8 Å². The van der Waals surface area contributed by atoms with E-state index < -0.39 is 0 Å². The van der Waals surface area contributed by atoms with Gasteiger partial charge in [-0.2, -0.15) is 4.98 Å². The Morgan fingerprint density at radius 1 is 1.21 bits per heavy atom. The second kappa shape index (κ2) is 8.62. The minimum atomic E-state index is -0.330. The van der Waals surface area contributed by atoms with Gasteiger partial charge in [0.15, 0.2) is 0 Å². The molecule has 0 saturated carbocycles. The largest absolute Gasteiger partial charge is 0.497 e. The average Bonchev–Trinajstić information content (AvgIpc) is 3.15. The zero-order valence-electron chi connectivity index (χ0n) is 15.6. The van der Waals surface area contributed by atoms with Crippen LogP contribution in [0.3, 0.4) is 0 Å². The molecule has 9 heteroatoms. The van der Waals surface area contributed by atoms with Crippen molar-refractivity contribution >= 4 is 23.3 Å². The molecule has 146 valence electrons. The van der Waals surface area contributed by atoms with Crippen LogP contribution in [0.15, 0.2) is 47.0 Å². The smallest absolute Gasteiger partial charge is 0.322 e. The van der Waals surface area contributed by atoms with Crippen molar-refractivity contribution in [3.8, 4) is 22.9 Å². The lowest BCUT2D eigenvalue weighted by molar-refractivity contribution is 0.213. The molecule has 0 aliphatic rings. The number of carbonyl (C=O) groups is 1. The van der Waals surface area contributed by atoms with Crippen LogP contribution >= 0.6 is 11.6 Å². The summed E-state index contributed by atoms with van der Waals surface area (Å²) < 4.78 is 15.8. The number of methoxy groups -OCH3 is 2. The molecule has 8 nitrogen and oxygen atoms in total. The van der Waals surface area contributed by atoms with E-state index in [4.69, 9.17) is 25.6 Å². The number of carbonyl (C=O) groups excluding carboxylic acids is 1. The van der Waals surface area contributed by atoms with Gasteiger partial charge in [-0.15, -0.1) is 0 Å². The molecule has 0 aliphatic carbocycles. The van der Waals surface area contributed by atoms with E-state index in [0.717, 1.165) is 0 Å². The van der Waals surface area contributed by atoms with Crippen molar-refractivity contribution in [3.05, 3.63) is 53.4 Å². The van der Waals surface area contributed by atoms with Crippen LogP contribution in [0.1, 0.15) is 5.89 Å². The minimum absolute atomic E-state index is 0.137. The van der Waals surface area contributed by atoms with E-state index in [1.54, 1.807) is 63.7 Å². The van der Waals surface area contributed by atoms with Gasteiger partial charge in [-0.1, -0.05) is 22.8 Å². The molecule has 1 aromatic heterocycles. The van der Waals surface area contributed by atoms with Crippen LogP contribution in [-0.4, -0.2) is 42.3 Å². The molecule has 0 unspecified atom stereocenters. The van der Waals surface area contributed by atoms with E-state index in [9.17, 15) is 4.79 Å². The highest BCUT2D eigenvalue weighted by atomic mass is 35.5. The third kappa shape index (κ3) is 4.52. The van der Waals surface area contributed by atoms with Gasteiger partial charge in [-0.3, -0.25) is 0 Å². The Kier molecular flexibility index (Phi) is 6.00. The fourth-order valence-electron chi connectivity index (χ4n) is 2.47. The molecule has 1 heterocycles. The first-order valence-corrected chi connectivity index (χ1v) is 8.70. The van der Waals surface area contributed by atoms with Crippen molar-refractivity contribution in [2.75, 3.05) is 26.6 Å². The summed E-state index contributed by atoms with van der Waals surface area (Å²) in [6.45, 7) is 0.137. The van der Waals surface area contributed by atoms with E-state index in [-0.39, 0.29) is 18.5 Å². The summed E-state index contributed by atoms with van der Waals surface area (Å²) in [5, 5.41) is 7.26. The molecule has 0 fully saturated rings. The van der Waals surface area contributed by atoms with E-state index in [1.807, 2.05) is 0 Å². The highest BCUT2D eigenvalue weighted by molar-refractivity contribution is 6.30. The number of urea groups is 1. The van der Waals surface area contributed by atoms with Crippen LogP contribution in [0.4, 0.5) is 10.5 Å². The molecule has 3 rings (SSSR count). The summed E-state index contributed by atoms with van der Waals surface area (Å²) in [5.41, 5.74) is 1.25. The number of aromatic nitrogens is 2. The molecule has 0 radical (unpaired) electrons. The second-order valence-electron chi connectivity index (χ2n) is 5.87. The number of anilines is 1. The summed E-state index contributed by atoms with van der Waals surface area (Å²) in [4.78, 5) is 18.1.